The van der Waals surface area contributed by atoms with Gasteiger partial charge < -0.3 is 15.4 Å². The van der Waals surface area contributed by atoms with Gasteiger partial charge in [-0.2, -0.15) is 0 Å². The minimum absolute atomic E-state index is 0.111. The lowest BCUT2D eigenvalue weighted by Crippen LogP contribution is -2.35. The van der Waals surface area contributed by atoms with Crippen LogP contribution in [0.4, 0.5) is 10.5 Å². The number of halogens is 1. The van der Waals surface area contributed by atoms with Gasteiger partial charge in [-0.25, -0.2) is 4.79 Å². The highest BCUT2D eigenvalue weighted by Gasteiger charge is 2.13. The highest BCUT2D eigenvalue weighted by molar-refractivity contribution is 6.34. The number of amides is 2. The molecule has 0 bridgehead atoms. The Kier molecular flexibility index (Phi) is 7.25. The van der Waals surface area contributed by atoms with Gasteiger partial charge in [0.2, 0.25) is 0 Å². The van der Waals surface area contributed by atoms with Crippen molar-refractivity contribution in [1.29, 1.82) is 0 Å². The lowest BCUT2D eigenvalue weighted by molar-refractivity contribution is 0.102. The molecular formula is C21H25ClN2O3. The zero-order valence-electron chi connectivity index (χ0n) is 16.0. The molecule has 1 unspecified atom stereocenters. The van der Waals surface area contributed by atoms with Crippen molar-refractivity contribution >= 4 is 29.3 Å². The number of benzene rings is 2. The largest absolute Gasteiger partial charge is 0.447 e. The molecule has 0 spiro atoms. The van der Waals surface area contributed by atoms with Gasteiger partial charge >= 0.3 is 6.09 Å². The minimum Gasteiger partial charge on any atom is -0.447 e. The molecule has 2 rings (SSSR count). The Bertz CT molecular complexity index is 821. The molecule has 0 heterocycles. The molecule has 0 aliphatic rings. The Labute approximate surface area is 165 Å². The molecule has 6 heteroatoms. The molecule has 0 aliphatic carbocycles. The molecule has 1 atom stereocenters. The minimum atomic E-state index is -0.439. The van der Waals surface area contributed by atoms with Crippen molar-refractivity contribution in [3.8, 4) is 0 Å². The predicted molar refractivity (Wildman–Crippen MR) is 109 cm³/mol. The van der Waals surface area contributed by atoms with E-state index in [9.17, 15) is 9.59 Å². The fourth-order valence-corrected chi connectivity index (χ4v) is 2.87. The maximum atomic E-state index is 12.4. The second kappa shape index (κ2) is 9.42. The van der Waals surface area contributed by atoms with Crippen molar-refractivity contribution in [3.63, 3.8) is 0 Å². The van der Waals surface area contributed by atoms with Gasteiger partial charge in [-0.15, -0.1) is 0 Å². The summed E-state index contributed by atoms with van der Waals surface area (Å²) < 4.78 is 5.07. The summed E-state index contributed by atoms with van der Waals surface area (Å²) in [6.07, 6.45) is -0.00692. The molecule has 144 valence electrons. The summed E-state index contributed by atoms with van der Waals surface area (Å²) in [5.74, 6) is -0.209. The second-order valence-corrected chi connectivity index (χ2v) is 7.25. The number of carbonyl (C=O) groups excluding carboxylic acids is 2. The van der Waals surface area contributed by atoms with Gasteiger partial charge in [-0.3, -0.25) is 4.79 Å². The lowest BCUT2D eigenvalue weighted by Gasteiger charge is -2.16. The van der Waals surface area contributed by atoms with E-state index in [-0.39, 0.29) is 18.1 Å². The third-order valence-electron chi connectivity index (χ3n) is 3.81. The first-order valence-corrected chi connectivity index (χ1v) is 9.26. The van der Waals surface area contributed by atoms with Gasteiger partial charge in [-0.05, 0) is 63.9 Å². The number of alkyl carbamates (subject to hydrolysis) is 1. The fourth-order valence-electron chi connectivity index (χ4n) is 2.62. The molecule has 27 heavy (non-hydrogen) atoms. The number of carbonyl (C=O) groups is 2. The number of anilines is 1. The van der Waals surface area contributed by atoms with Crippen LogP contribution in [0.1, 0.15) is 42.3 Å². The molecule has 0 saturated heterocycles. The Morgan fingerprint density at radius 3 is 2.48 bits per heavy atom. The van der Waals surface area contributed by atoms with Gasteiger partial charge in [0, 0.05) is 11.6 Å². The van der Waals surface area contributed by atoms with Crippen LogP contribution in [0.3, 0.4) is 0 Å². The Hall–Kier alpha value is -2.53. The molecular weight excluding hydrogens is 364 g/mol. The number of nitrogens with one attached hydrogen (secondary N) is 2. The monoisotopic (exact) mass is 388 g/mol. The van der Waals surface area contributed by atoms with Crippen LogP contribution >= 0.6 is 11.6 Å². The topological polar surface area (TPSA) is 67.4 Å². The third kappa shape index (κ3) is 6.61. The summed E-state index contributed by atoms with van der Waals surface area (Å²) in [4.78, 5) is 24.0. The van der Waals surface area contributed by atoms with E-state index in [2.05, 4.69) is 10.6 Å². The molecule has 2 aromatic carbocycles. The molecule has 2 aromatic rings. The standard InChI is InChI=1S/C21H25ClN2O3/c1-13(2)27-21(26)23-15(4)11-16-8-9-19(18(22)12-16)24-20(25)17-7-5-6-14(3)10-17/h5-10,12-13,15H,11H2,1-4H3,(H,23,26)(H,24,25). The Balaban J connectivity index is 1.98. The number of aryl methyl sites for hydroxylation is 1. The maximum absolute atomic E-state index is 12.4. The third-order valence-corrected chi connectivity index (χ3v) is 4.12. The van der Waals surface area contributed by atoms with Gasteiger partial charge in [0.05, 0.1) is 16.8 Å². The van der Waals surface area contributed by atoms with E-state index in [0.29, 0.717) is 22.7 Å². The van der Waals surface area contributed by atoms with Crippen LogP contribution in [0.15, 0.2) is 42.5 Å². The molecule has 0 radical (unpaired) electrons. The van der Waals surface area contributed by atoms with E-state index < -0.39 is 6.09 Å². The number of hydrogen-bond donors (Lipinski definition) is 2. The molecule has 2 amide bonds. The summed E-state index contributed by atoms with van der Waals surface area (Å²) in [5.41, 5.74) is 3.09. The van der Waals surface area contributed by atoms with Crippen molar-refractivity contribution in [2.45, 2.75) is 46.3 Å². The van der Waals surface area contributed by atoms with Gasteiger partial charge in [0.15, 0.2) is 0 Å². The van der Waals surface area contributed by atoms with Crippen molar-refractivity contribution in [2.24, 2.45) is 0 Å². The fraction of sp³-hybridized carbons (Fsp3) is 0.333. The van der Waals surface area contributed by atoms with Crippen LogP contribution in [0.5, 0.6) is 0 Å². The normalized spacial score (nSPS) is 11.8. The van der Waals surface area contributed by atoms with Crippen LogP contribution in [0.2, 0.25) is 5.02 Å². The van der Waals surface area contributed by atoms with E-state index in [1.165, 1.54) is 0 Å². The lowest BCUT2D eigenvalue weighted by atomic mass is 10.1. The van der Waals surface area contributed by atoms with E-state index in [1.807, 2.05) is 38.1 Å². The van der Waals surface area contributed by atoms with Crippen molar-refractivity contribution in [1.82, 2.24) is 5.32 Å². The zero-order valence-corrected chi connectivity index (χ0v) is 16.8. The van der Waals surface area contributed by atoms with Crippen LogP contribution in [0, 0.1) is 6.92 Å². The van der Waals surface area contributed by atoms with Gasteiger partial charge in [0.25, 0.3) is 5.91 Å². The molecule has 2 N–H and O–H groups in total. The predicted octanol–water partition coefficient (Wildman–Crippen LogP) is 4.97. The quantitative estimate of drug-likeness (QED) is 0.734. The summed E-state index contributed by atoms with van der Waals surface area (Å²) in [7, 11) is 0. The van der Waals surface area contributed by atoms with Crippen LogP contribution in [-0.2, 0) is 11.2 Å². The van der Waals surface area contributed by atoms with E-state index in [0.717, 1.165) is 11.1 Å². The molecule has 0 saturated carbocycles. The van der Waals surface area contributed by atoms with E-state index >= 15 is 0 Å². The number of hydrogen-bond acceptors (Lipinski definition) is 3. The Morgan fingerprint density at radius 1 is 1.11 bits per heavy atom. The van der Waals surface area contributed by atoms with E-state index in [4.69, 9.17) is 16.3 Å². The highest BCUT2D eigenvalue weighted by atomic mass is 35.5. The smallest absolute Gasteiger partial charge is 0.407 e. The van der Waals surface area contributed by atoms with Crippen LogP contribution in [0.25, 0.3) is 0 Å². The molecule has 0 aliphatic heterocycles. The average Bonchev–Trinajstić information content (AvgIpc) is 2.56. The zero-order chi connectivity index (χ0) is 20.0. The number of rotatable bonds is 6. The van der Waals surface area contributed by atoms with E-state index in [1.54, 1.807) is 32.0 Å². The first-order chi connectivity index (χ1) is 12.7. The maximum Gasteiger partial charge on any atom is 0.407 e. The first-order valence-electron chi connectivity index (χ1n) is 8.88. The molecule has 0 aromatic heterocycles. The summed E-state index contributed by atoms with van der Waals surface area (Å²) >= 11 is 6.32. The SMILES string of the molecule is Cc1cccc(C(=O)Nc2ccc(CC(C)NC(=O)OC(C)C)cc2Cl)c1. The van der Waals surface area contributed by atoms with Gasteiger partial charge in [0.1, 0.15) is 0 Å². The van der Waals surface area contributed by atoms with Crippen molar-refractivity contribution in [2.75, 3.05) is 5.32 Å². The van der Waals surface area contributed by atoms with Crippen LogP contribution in [-0.4, -0.2) is 24.1 Å². The first kappa shape index (κ1) is 20.8. The highest BCUT2D eigenvalue weighted by Crippen LogP contribution is 2.24. The van der Waals surface area contributed by atoms with Crippen molar-refractivity contribution < 1.29 is 14.3 Å². The van der Waals surface area contributed by atoms with Gasteiger partial charge in [-0.1, -0.05) is 35.4 Å². The van der Waals surface area contributed by atoms with Crippen molar-refractivity contribution in [3.05, 3.63) is 64.2 Å². The molecule has 0 fully saturated rings. The summed E-state index contributed by atoms with van der Waals surface area (Å²) in [5, 5.41) is 6.06. The summed E-state index contributed by atoms with van der Waals surface area (Å²) in [6.45, 7) is 7.43. The number of ether oxygens (including phenoxy) is 1. The summed E-state index contributed by atoms with van der Waals surface area (Å²) in [6, 6.07) is 12.7. The Morgan fingerprint density at radius 2 is 1.85 bits per heavy atom. The second-order valence-electron chi connectivity index (χ2n) is 6.84. The average molecular weight is 389 g/mol. The van der Waals surface area contributed by atoms with Crippen LogP contribution < -0.4 is 10.6 Å². The molecule has 5 nitrogen and oxygen atoms in total.